The third kappa shape index (κ3) is 1.97. The Bertz CT molecular complexity index is 709. The summed E-state index contributed by atoms with van der Waals surface area (Å²) in [6.45, 7) is 2.14. The molecule has 2 aliphatic rings. The zero-order valence-corrected chi connectivity index (χ0v) is 12.6. The monoisotopic (exact) mass is 296 g/mol. The minimum atomic E-state index is 0.295. The summed E-state index contributed by atoms with van der Waals surface area (Å²) in [4.78, 5) is 4.28. The van der Waals surface area contributed by atoms with E-state index in [1.165, 1.54) is 22.4 Å². The second kappa shape index (κ2) is 4.88. The van der Waals surface area contributed by atoms with Crippen LogP contribution in [-0.2, 0) is 0 Å². The molecular weight excluding hydrogens is 280 g/mol. The third-order valence-corrected chi connectivity index (χ3v) is 5.05. The van der Waals surface area contributed by atoms with Crippen molar-refractivity contribution in [1.29, 1.82) is 0 Å². The Morgan fingerprint density at radius 2 is 2.19 bits per heavy atom. The van der Waals surface area contributed by atoms with Gasteiger partial charge in [0, 0.05) is 34.6 Å². The van der Waals surface area contributed by atoms with Crippen LogP contribution in [0.4, 0.5) is 5.69 Å². The van der Waals surface area contributed by atoms with Crippen LogP contribution < -0.4 is 5.32 Å². The molecule has 21 heavy (non-hydrogen) atoms. The number of anilines is 1. The van der Waals surface area contributed by atoms with E-state index in [0.29, 0.717) is 17.9 Å². The average molecular weight is 297 g/mol. The maximum absolute atomic E-state index is 6.49. The van der Waals surface area contributed by atoms with Crippen LogP contribution in [0.15, 0.2) is 48.8 Å². The highest BCUT2D eigenvalue weighted by Crippen LogP contribution is 2.52. The molecule has 2 aromatic rings. The smallest absolute Gasteiger partial charge is 0.0569 e. The molecular formula is C18H17ClN2. The van der Waals surface area contributed by atoms with Gasteiger partial charge in [-0.3, -0.25) is 4.98 Å². The van der Waals surface area contributed by atoms with Gasteiger partial charge in [0.2, 0.25) is 0 Å². The van der Waals surface area contributed by atoms with Gasteiger partial charge in [0.1, 0.15) is 0 Å². The second-order valence-corrected chi connectivity index (χ2v) is 6.32. The summed E-state index contributed by atoms with van der Waals surface area (Å²) in [6.07, 6.45) is 9.48. The molecule has 3 heteroatoms. The Balaban J connectivity index is 1.86. The van der Waals surface area contributed by atoms with Crippen LogP contribution in [0.1, 0.15) is 35.1 Å². The Labute approximate surface area is 129 Å². The Kier molecular flexibility index (Phi) is 3.00. The fourth-order valence-electron chi connectivity index (χ4n) is 3.70. The summed E-state index contributed by atoms with van der Waals surface area (Å²) in [5.74, 6) is 0.917. The first-order chi connectivity index (χ1) is 10.3. The summed E-state index contributed by atoms with van der Waals surface area (Å²) in [5, 5.41) is 4.60. The van der Waals surface area contributed by atoms with E-state index < -0.39 is 0 Å². The Morgan fingerprint density at radius 3 is 3.00 bits per heavy atom. The number of allylic oxidation sites excluding steroid dienone is 2. The van der Waals surface area contributed by atoms with Gasteiger partial charge in [0.15, 0.2) is 0 Å². The van der Waals surface area contributed by atoms with E-state index in [9.17, 15) is 0 Å². The van der Waals surface area contributed by atoms with Gasteiger partial charge in [-0.25, -0.2) is 0 Å². The van der Waals surface area contributed by atoms with Gasteiger partial charge in [-0.05, 0) is 42.5 Å². The molecule has 1 aromatic carbocycles. The normalized spacial score (nSPS) is 26.1. The summed E-state index contributed by atoms with van der Waals surface area (Å²) < 4.78 is 0. The van der Waals surface area contributed by atoms with Crippen molar-refractivity contribution in [2.75, 3.05) is 5.32 Å². The van der Waals surface area contributed by atoms with Crippen molar-refractivity contribution in [3.05, 3.63) is 70.5 Å². The molecule has 0 saturated carbocycles. The molecule has 2 nitrogen and oxygen atoms in total. The number of rotatable bonds is 1. The molecule has 0 spiro atoms. The summed E-state index contributed by atoms with van der Waals surface area (Å²) in [6, 6.07) is 8.57. The maximum Gasteiger partial charge on any atom is 0.0569 e. The topological polar surface area (TPSA) is 24.9 Å². The minimum Gasteiger partial charge on any atom is -0.377 e. The van der Waals surface area contributed by atoms with Crippen molar-refractivity contribution in [3.63, 3.8) is 0 Å². The number of hydrogen-bond acceptors (Lipinski definition) is 2. The standard InChI is InChI=1S/C18H17ClN2/c1-11-7-8-15(19)16-13-5-2-6-14(13)18(21-17(11)16)12-4-3-9-20-10-12/h2-5,7-10,13-14,18,21H,6H2,1H3. The van der Waals surface area contributed by atoms with Crippen molar-refractivity contribution in [2.45, 2.75) is 25.3 Å². The van der Waals surface area contributed by atoms with E-state index in [1.807, 2.05) is 24.5 Å². The summed E-state index contributed by atoms with van der Waals surface area (Å²) in [5.41, 5.74) is 4.96. The zero-order valence-electron chi connectivity index (χ0n) is 11.9. The number of hydrogen-bond donors (Lipinski definition) is 1. The second-order valence-electron chi connectivity index (χ2n) is 5.91. The fraction of sp³-hybridized carbons (Fsp3) is 0.278. The quantitative estimate of drug-likeness (QED) is 0.759. The first-order valence-electron chi connectivity index (χ1n) is 7.38. The van der Waals surface area contributed by atoms with E-state index in [-0.39, 0.29) is 0 Å². The van der Waals surface area contributed by atoms with Gasteiger partial charge < -0.3 is 5.32 Å². The lowest BCUT2D eigenvalue weighted by atomic mass is 9.76. The number of halogens is 1. The van der Waals surface area contributed by atoms with Crippen LogP contribution >= 0.6 is 11.6 Å². The largest absolute Gasteiger partial charge is 0.377 e. The van der Waals surface area contributed by atoms with Gasteiger partial charge in [-0.15, -0.1) is 0 Å². The van der Waals surface area contributed by atoms with Crippen molar-refractivity contribution in [3.8, 4) is 0 Å². The number of aryl methyl sites for hydroxylation is 1. The zero-order chi connectivity index (χ0) is 14.4. The SMILES string of the molecule is Cc1ccc(Cl)c2c1NC(c1cccnc1)C1CC=CC21. The number of nitrogens with one attached hydrogen (secondary N) is 1. The van der Waals surface area contributed by atoms with Crippen LogP contribution in [0.2, 0.25) is 5.02 Å². The first kappa shape index (κ1) is 12.9. The average Bonchev–Trinajstić information content (AvgIpc) is 3.00. The Hall–Kier alpha value is -1.80. The molecule has 106 valence electrons. The number of benzene rings is 1. The van der Waals surface area contributed by atoms with Gasteiger partial charge >= 0.3 is 0 Å². The van der Waals surface area contributed by atoms with Crippen LogP contribution in [0.25, 0.3) is 0 Å². The molecule has 2 heterocycles. The van der Waals surface area contributed by atoms with Gasteiger partial charge in [0.05, 0.1) is 6.04 Å². The molecule has 0 bridgehead atoms. The lowest BCUT2D eigenvalue weighted by Crippen LogP contribution is -2.29. The fourth-order valence-corrected chi connectivity index (χ4v) is 3.98. The van der Waals surface area contributed by atoms with Gasteiger partial charge in [0.25, 0.3) is 0 Å². The van der Waals surface area contributed by atoms with Crippen molar-refractivity contribution < 1.29 is 0 Å². The molecule has 1 aliphatic carbocycles. The summed E-state index contributed by atoms with van der Waals surface area (Å²) >= 11 is 6.49. The number of fused-ring (bicyclic) bond motifs is 3. The summed E-state index contributed by atoms with van der Waals surface area (Å²) in [7, 11) is 0. The van der Waals surface area contributed by atoms with Crippen molar-refractivity contribution >= 4 is 17.3 Å². The first-order valence-corrected chi connectivity index (χ1v) is 7.75. The molecule has 3 atom stereocenters. The molecule has 3 unspecified atom stereocenters. The highest BCUT2D eigenvalue weighted by atomic mass is 35.5. The molecule has 0 amide bonds. The van der Waals surface area contributed by atoms with Crippen molar-refractivity contribution in [2.24, 2.45) is 5.92 Å². The van der Waals surface area contributed by atoms with E-state index in [4.69, 9.17) is 11.6 Å². The maximum atomic E-state index is 6.49. The molecule has 0 saturated heterocycles. The molecule has 1 aliphatic heterocycles. The van der Waals surface area contributed by atoms with Crippen LogP contribution in [0.5, 0.6) is 0 Å². The van der Waals surface area contributed by atoms with Gasteiger partial charge in [-0.2, -0.15) is 0 Å². The third-order valence-electron chi connectivity index (χ3n) is 4.72. The highest BCUT2D eigenvalue weighted by molar-refractivity contribution is 6.32. The number of aromatic nitrogens is 1. The van der Waals surface area contributed by atoms with Crippen LogP contribution in [0, 0.1) is 12.8 Å². The molecule has 1 N–H and O–H groups in total. The number of nitrogens with zero attached hydrogens (tertiary/aromatic N) is 1. The van der Waals surface area contributed by atoms with Crippen LogP contribution in [-0.4, -0.2) is 4.98 Å². The predicted octanol–water partition coefficient (Wildman–Crippen LogP) is 4.87. The van der Waals surface area contributed by atoms with E-state index in [0.717, 1.165) is 11.4 Å². The minimum absolute atomic E-state index is 0.295. The van der Waals surface area contributed by atoms with E-state index >= 15 is 0 Å². The number of pyridine rings is 1. The van der Waals surface area contributed by atoms with Crippen LogP contribution in [0.3, 0.4) is 0 Å². The molecule has 1 aromatic heterocycles. The highest BCUT2D eigenvalue weighted by Gasteiger charge is 2.39. The molecule has 0 fully saturated rings. The van der Waals surface area contributed by atoms with E-state index in [2.05, 4.69) is 41.5 Å². The lowest BCUT2D eigenvalue weighted by Gasteiger charge is -2.38. The lowest BCUT2D eigenvalue weighted by molar-refractivity contribution is 0.424. The van der Waals surface area contributed by atoms with Gasteiger partial charge in [-0.1, -0.05) is 35.9 Å². The molecule has 0 radical (unpaired) electrons. The van der Waals surface area contributed by atoms with E-state index in [1.54, 1.807) is 0 Å². The molecule has 4 rings (SSSR count). The Morgan fingerprint density at radius 1 is 1.29 bits per heavy atom. The predicted molar refractivity (Wildman–Crippen MR) is 86.8 cm³/mol. The van der Waals surface area contributed by atoms with Crippen molar-refractivity contribution in [1.82, 2.24) is 4.98 Å².